The summed E-state index contributed by atoms with van der Waals surface area (Å²) in [4.78, 5) is 9.13. The molecular formula is C18H19N7. The molecule has 1 aliphatic rings. The standard InChI is InChI=1S/C18H19N7/c1-12-22-17(24-16-11-20-8-7-13(16)9-19)15-10-21-25(18(15)23-12)14-5-3-2-4-6-14/h2-6,10,13,16,20H,7-8,11H2,1H3,(H,22,23,24). The van der Waals surface area contributed by atoms with Crippen molar-refractivity contribution >= 4 is 16.9 Å². The lowest BCUT2D eigenvalue weighted by atomic mass is 9.94. The fraction of sp³-hybridized carbons (Fsp3) is 0.333. The molecule has 2 atom stereocenters. The number of fused-ring (bicyclic) bond motifs is 1. The lowest BCUT2D eigenvalue weighted by Crippen LogP contribution is -2.44. The molecule has 0 amide bonds. The number of para-hydroxylation sites is 1. The predicted octanol–water partition coefficient (Wildman–Crippen LogP) is 2.04. The minimum atomic E-state index is -0.0317. The van der Waals surface area contributed by atoms with Crippen molar-refractivity contribution < 1.29 is 0 Å². The van der Waals surface area contributed by atoms with E-state index < -0.39 is 0 Å². The SMILES string of the molecule is Cc1nc(NC2CNCCC2C#N)c2cnn(-c3ccccc3)c2n1. The number of hydrogen-bond donors (Lipinski definition) is 2. The average molecular weight is 333 g/mol. The van der Waals surface area contributed by atoms with E-state index in [1.165, 1.54) is 0 Å². The number of hydrogen-bond acceptors (Lipinski definition) is 6. The Labute approximate surface area is 145 Å². The molecule has 1 aromatic carbocycles. The zero-order valence-corrected chi connectivity index (χ0v) is 14.0. The number of nitrogens with zero attached hydrogens (tertiary/aromatic N) is 5. The highest BCUT2D eigenvalue weighted by atomic mass is 15.3. The molecule has 2 unspecified atom stereocenters. The van der Waals surface area contributed by atoms with Gasteiger partial charge in [-0.2, -0.15) is 10.4 Å². The number of benzene rings is 1. The van der Waals surface area contributed by atoms with Crippen molar-refractivity contribution in [2.75, 3.05) is 18.4 Å². The smallest absolute Gasteiger partial charge is 0.168 e. The second-order valence-corrected chi connectivity index (χ2v) is 6.23. The maximum absolute atomic E-state index is 9.39. The highest BCUT2D eigenvalue weighted by Gasteiger charge is 2.26. The van der Waals surface area contributed by atoms with E-state index in [2.05, 4.69) is 31.8 Å². The van der Waals surface area contributed by atoms with Crippen molar-refractivity contribution in [1.82, 2.24) is 25.1 Å². The van der Waals surface area contributed by atoms with Crippen LogP contribution in [0.1, 0.15) is 12.2 Å². The van der Waals surface area contributed by atoms with Crippen LogP contribution in [-0.2, 0) is 0 Å². The zero-order valence-electron chi connectivity index (χ0n) is 14.0. The van der Waals surface area contributed by atoms with E-state index >= 15 is 0 Å². The van der Waals surface area contributed by atoms with Crippen molar-refractivity contribution in [3.8, 4) is 11.8 Å². The van der Waals surface area contributed by atoms with Gasteiger partial charge in [-0.3, -0.25) is 0 Å². The Kier molecular flexibility index (Phi) is 4.04. The average Bonchev–Trinajstić information content (AvgIpc) is 3.07. The van der Waals surface area contributed by atoms with E-state index in [1.54, 1.807) is 6.20 Å². The normalized spacial score (nSPS) is 20.3. The fourth-order valence-electron chi connectivity index (χ4n) is 3.23. The monoisotopic (exact) mass is 333 g/mol. The Morgan fingerprint density at radius 3 is 2.92 bits per heavy atom. The number of rotatable bonds is 3. The Morgan fingerprint density at radius 1 is 1.28 bits per heavy atom. The van der Waals surface area contributed by atoms with Crippen molar-refractivity contribution in [3.63, 3.8) is 0 Å². The number of nitrogens with one attached hydrogen (secondary N) is 2. The molecule has 0 bridgehead atoms. The number of aryl methyl sites for hydroxylation is 1. The summed E-state index contributed by atoms with van der Waals surface area (Å²) in [5, 5.41) is 21.5. The molecule has 7 heteroatoms. The van der Waals surface area contributed by atoms with Crippen LogP contribution in [0.4, 0.5) is 5.82 Å². The third kappa shape index (κ3) is 2.92. The van der Waals surface area contributed by atoms with Gasteiger partial charge in [0.05, 0.1) is 35.3 Å². The highest BCUT2D eigenvalue weighted by Crippen LogP contribution is 2.25. The molecule has 0 saturated carbocycles. The minimum Gasteiger partial charge on any atom is -0.364 e. The van der Waals surface area contributed by atoms with Crippen LogP contribution in [-0.4, -0.2) is 38.9 Å². The topological polar surface area (TPSA) is 91.5 Å². The summed E-state index contributed by atoms with van der Waals surface area (Å²) in [6, 6.07) is 12.3. The van der Waals surface area contributed by atoms with Crippen LogP contribution in [0, 0.1) is 24.2 Å². The highest BCUT2D eigenvalue weighted by molar-refractivity contribution is 5.87. The lowest BCUT2D eigenvalue weighted by molar-refractivity contribution is 0.406. The summed E-state index contributed by atoms with van der Waals surface area (Å²) in [7, 11) is 0. The third-order valence-electron chi connectivity index (χ3n) is 4.51. The Balaban J connectivity index is 1.75. The number of nitriles is 1. The molecule has 0 spiro atoms. The van der Waals surface area contributed by atoms with Crippen LogP contribution < -0.4 is 10.6 Å². The molecule has 0 aliphatic carbocycles. The summed E-state index contributed by atoms with van der Waals surface area (Å²) in [5.41, 5.74) is 1.72. The Hall–Kier alpha value is -2.98. The first kappa shape index (κ1) is 15.5. The molecular weight excluding hydrogens is 314 g/mol. The zero-order chi connectivity index (χ0) is 17.2. The first-order chi connectivity index (χ1) is 12.3. The first-order valence-corrected chi connectivity index (χ1v) is 8.41. The summed E-state index contributed by atoms with van der Waals surface area (Å²) < 4.78 is 1.82. The van der Waals surface area contributed by atoms with Gasteiger partial charge in [0.15, 0.2) is 5.65 Å². The maximum atomic E-state index is 9.39. The fourth-order valence-corrected chi connectivity index (χ4v) is 3.23. The van der Waals surface area contributed by atoms with E-state index in [9.17, 15) is 5.26 Å². The summed E-state index contributed by atoms with van der Waals surface area (Å²) >= 11 is 0. The number of anilines is 1. The van der Waals surface area contributed by atoms with E-state index in [-0.39, 0.29) is 12.0 Å². The molecule has 1 aliphatic heterocycles. The van der Waals surface area contributed by atoms with Crippen molar-refractivity contribution in [3.05, 3.63) is 42.4 Å². The van der Waals surface area contributed by atoms with Gasteiger partial charge >= 0.3 is 0 Å². The molecule has 7 nitrogen and oxygen atoms in total. The van der Waals surface area contributed by atoms with Gasteiger partial charge in [0.25, 0.3) is 0 Å². The molecule has 3 aromatic rings. The summed E-state index contributed by atoms with van der Waals surface area (Å²) in [6.45, 7) is 3.49. The second kappa shape index (κ2) is 6.49. The molecule has 1 saturated heterocycles. The van der Waals surface area contributed by atoms with Gasteiger partial charge in [0.2, 0.25) is 0 Å². The first-order valence-electron chi connectivity index (χ1n) is 8.41. The minimum absolute atomic E-state index is 0.0244. The van der Waals surface area contributed by atoms with Crippen LogP contribution in [0.25, 0.3) is 16.7 Å². The molecule has 1 fully saturated rings. The van der Waals surface area contributed by atoms with E-state index in [1.807, 2.05) is 41.9 Å². The van der Waals surface area contributed by atoms with Crippen molar-refractivity contribution in [1.29, 1.82) is 5.26 Å². The van der Waals surface area contributed by atoms with Gasteiger partial charge in [0, 0.05) is 6.54 Å². The lowest BCUT2D eigenvalue weighted by Gasteiger charge is -2.28. The van der Waals surface area contributed by atoms with Gasteiger partial charge in [0.1, 0.15) is 11.6 Å². The molecule has 4 rings (SSSR count). The van der Waals surface area contributed by atoms with E-state index in [0.717, 1.165) is 42.0 Å². The maximum Gasteiger partial charge on any atom is 0.168 e. The Bertz CT molecular complexity index is 926. The van der Waals surface area contributed by atoms with Crippen LogP contribution in [0.3, 0.4) is 0 Å². The molecule has 126 valence electrons. The van der Waals surface area contributed by atoms with Gasteiger partial charge < -0.3 is 10.6 Å². The van der Waals surface area contributed by atoms with Gasteiger partial charge in [-0.25, -0.2) is 14.6 Å². The van der Waals surface area contributed by atoms with Gasteiger partial charge in [-0.05, 0) is 32.0 Å². The van der Waals surface area contributed by atoms with Gasteiger partial charge in [-0.15, -0.1) is 0 Å². The number of aromatic nitrogens is 4. The largest absolute Gasteiger partial charge is 0.364 e. The van der Waals surface area contributed by atoms with Crippen molar-refractivity contribution in [2.45, 2.75) is 19.4 Å². The van der Waals surface area contributed by atoms with Gasteiger partial charge in [-0.1, -0.05) is 18.2 Å². The predicted molar refractivity (Wildman–Crippen MR) is 95.4 cm³/mol. The summed E-state index contributed by atoms with van der Waals surface area (Å²) in [6.07, 6.45) is 2.62. The quantitative estimate of drug-likeness (QED) is 0.762. The van der Waals surface area contributed by atoms with Crippen LogP contribution in [0.2, 0.25) is 0 Å². The van der Waals surface area contributed by atoms with Crippen LogP contribution in [0.5, 0.6) is 0 Å². The second-order valence-electron chi connectivity index (χ2n) is 6.23. The number of piperidine rings is 1. The van der Waals surface area contributed by atoms with Crippen molar-refractivity contribution in [2.24, 2.45) is 5.92 Å². The Morgan fingerprint density at radius 2 is 2.12 bits per heavy atom. The third-order valence-corrected chi connectivity index (χ3v) is 4.51. The molecule has 3 heterocycles. The van der Waals surface area contributed by atoms with Crippen LogP contribution >= 0.6 is 0 Å². The van der Waals surface area contributed by atoms with E-state index in [0.29, 0.717) is 5.82 Å². The van der Waals surface area contributed by atoms with Crippen LogP contribution in [0.15, 0.2) is 36.5 Å². The molecule has 0 radical (unpaired) electrons. The summed E-state index contributed by atoms with van der Waals surface area (Å²) in [5.74, 6) is 1.37. The molecule has 2 N–H and O–H groups in total. The molecule has 25 heavy (non-hydrogen) atoms. The molecule has 2 aromatic heterocycles. The van der Waals surface area contributed by atoms with E-state index in [4.69, 9.17) is 0 Å².